The lowest BCUT2D eigenvalue weighted by Gasteiger charge is -2.14. The third-order valence-electron chi connectivity index (χ3n) is 3.96. The molecule has 1 unspecified atom stereocenters. The molecule has 3 aromatic rings. The van der Waals surface area contributed by atoms with Gasteiger partial charge in [-0.15, -0.1) is 0 Å². The van der Waals surface area contributed by atoms with Crippen LogP contribution in [0.15, 0.2) is 45.9 Å². The highest BCUT2D eigenvalue weighted by Crippen LogP contribution is 2.13. The van der Waals surface area contributed by atoms with E-state index in [1.54, 1.807) is 17.4 Å². The van der Waals surface area contributed by atoms with Gasteiger partial charge in [-0.2, -0.15) is 11.3 Å². The zero-order valence-electron chi connectivity index (χ0n) is 13.1. The zero-order chi connectivity index (χ0) is 16.9. The Morgan fingerprint density at radius 1 is 1.29 bits per heavy atom. The minimum Gasteiger partial charge on any atom is -0.396 e. The molecule has 24 heavy (non-hydrogen) atoms. The van der Waals surface area contributed by atoms with Crippen molar-refractivity contribution in [2.75, 3.05) is 13.2 Å². The van der Waals surface area contributed by atoms with Gasteiger partial charge in [0.05, 0.1) is 0 Å². The van der Waals surface area contributed by atoms with Crippen LogP contribution >= 0.6 is 11.3 Å². The summed E-state index contributed by atoms with van der Waals surface area (Å²) in [5.41, 5.74) is 2.39. The molecular formula is C18H19FN2O2S. The van der Waals surface area contributed by atoms with Crippen molar-refractivity contribution in [3.63, 3.8) is 0 Å². The number of benzene rings is 1. The lowest BCUT2D eigenvalue weighted by molar-refractivity contribution is 0.221. The topological polar surface area (TPSA) is 65.1 Å². The highest BCUT2D eigenvalue weighted by molar-refractivity contribution is 7.07. The number of H-pyrrole nitrogens is 1. The van der Waals surface area contributed by atoms with E-state index in [9.17, 15) is 14.3 Å². The van der Waals surface area contributed by atoms with Crippen LogP contribution in [-0.2, 0) is 13.0 Å². The van der Waals surface area contributed by atoms with Crippen molar-refractivity contribution < 1.29 is 9.50 Å². The van der Waals surface area contributed by atoms with Crippen LogP contribution in [0.1, 0.15) is 11.3 Å². The molecule has 0 spiro atoms. The standard InChI is InChI=1S/C18H19FN2O2S/c19-14-1-2-17-16(6-14)18(23)7-15(21-17)9-20-8-13(10-22)5-12-3-4-24-11-12/h1-4,6-7,11,13,20,22H,5,8-10H2,(H,21,23). The van der Waals surface area contributed by atoms with Crippen LogP contribution in [0.25, 0.3) is 10.9 Å². The molecule has 0 fully saturated rings. The molecule has 126 valence electrons. The summed E-state index contributed by atoms with van der Waals surface area (Å²) < 4.78 is 13.2. The first-order valence-electron chi connectivity index (χ1n) is 7.80. The van der Waals surface area contributed by atoms with Crippen LogP contribution in [0.2, 0.25) is 0 Å². The maximum absolute atomic E-state index is 13.2. The van der Waals surface area contributed by atoms with Crippen molar-refractivity contribution in [1.82, 2.24) is 10.3 Å². The second-order valence-electron chi connectivity index (χ2n) is 5.86. The summed E-state index contributed by atoms with van der Waals surface area (Å²) in [5.74, 6) is -0.293. The van der Waals surface area contributed by atoms with Gasteiger partial charge >= 0.3 is 0 Å². The quantitative estimate of drug-likeness (QED) is 0.616. The molecule has 0 amide bonds. The molecule has 2 heterocycles. The number of aliphatic hydroxyl groups is 1. The smallest absolute Gasteiger partial charge is 0.189 e. The number of fused-ring (bicyclic) bond motifs is 1. The maximum atomic E-state index is 13.2. The highest BCUT2D eigenvalue weighted by atomic mass is 32.1. The Morgan fingerprint density at radius 2 is 2.17 bits per heavy atom. The van der Waals surface area contributed by atoms with E-state index in [-0.39, 0.29) is 18.0 Å². The molecule has 3 N–H and O–H groups in total. The molecule has 1 aromatic carbocycles. The Labute approximate surface area is 143 Å². The minimum absolute atomic E-state index is 0.108. The number of aliphatic hydroxyl groups excluding tert-OH is 1. The van der Waals surface area contributed by atoms with Gasteiger partial charge < -0.3 is 15.4 Å². The van der Waals surface area contributed by atoms with E-state index in [0.717, 1.165) is 12.1 Å². The van der Waals surface area contributed by atoms with E-state index in [0.29, 0.717) is 24.0 Å². The van der Waals surface area contributed by atoms with Crippen LogP contribution in [0.5, 0.6) is 0 Å². The van der Waals surface area contributed by atoms with Crippen LogP contribution in [0.4, 0.5) is 4.39 Å². The van der Waals surface area contributed by atoms with Crippen LogP contribution in [0, 0.1) is 11.7 Å². The molecule has 0 aliphatic heterocycles. The molecule has 0 aliphatic carbocycles. The number of pyridine rings is 1. The lowest BCUT2D eigenvalue weighted by Crippen LogP contribution is -2.27. The van der Waals surface area contributed by atoms with E-state index < -0.39 is 5.82 Å². The normalized spacial score (nSPS) is 12.6. The van der Waals surface area contributed by atoms with Gasteiger partial charge in [-0.25, -0.2) is 4.39 Å². The molecule has 1 atom stereocenters. The second kappa shape index (κ2) is 7.70. The number of thiophene rings is 1. The van der Waals surface area contributed by atoms with Gasteiger partial charge in [0.2, 0.25) is 0 Å². The number of nitrogens with one attached hydrogen (secondary N) is 2. The number of aromatic amines is 1. The van der Waals surface area contributed by atoms with E-state index in [4.69, 9.17) is 0 Å². The molecule has 0 radical (unpaired) electrons. The Hall–Kier alpha value is -2.02. The van der Waals surface area contributed by atoms with Gasteiger partial charge in [-0.3, -0.25) is 4.79 Å². The van der Waals surface area contributed by atoms with Crippen molar-refractivity contribution in [3.8, 4) is 0 Å². The summed E-state index contributed by atoms with van der Waals surface area (Å²) in [6.45, 7) is 1.24. The van der Waals surface area contributed by atoms with Gasteiger partial charge in [0.25, 0.3) is 0 Å². The second-order valence-corrected chi connectivity index (χ2v) is 6.64. The Kier molecular flexibility index (Phi) is 5.40. The first kappa shape index (κ1) is 16.8. The third-order valence-corrected chi connectivity index (χ3v) is 4.69. The van der Waals surface area contributed by atoms with Crippen LogP contribution in [0.3, 0.4) is 0 Å². The number of rotatable bonds is 7. The van der Waals surface area contributed by atoms with Gasteiger partial charge in [-0.05, 0) is 52.9 Å². The highest BCUT2D eigenvalue weighted by Gasteiger charge is 2.09. The van der Waals surface area contributed by atoms with E-state index >= 15 is 0 Å². The van der Waals surface area contributed by atoms with Gasteiger partial charge in [0.15, 0.2) is 5.43 Å². The number of hydrogen-bond acceptors (Lipinski definition) is 4. The molecule has 0 bridgehead atoms. The van der Waals surface area contributed by atoms with Crippen LogP contribution in [-0.4, -0.2) is 23.2 Å². The van der Waals surface area contributed by atoms with Crippen molar-refractivity contribution in [1.29, 1.82) is 0 Å². The molecule has 2 aromatic heterocycles. The third kappa shape index (κ3) is 4.08. The SMILES string of the molecule is O=c1cc(CNCC(CO)Cc2ccsc2)[nH]c2ccc(F)cc12. The number of hydrogen-bond donors (Lipinski definition) is 3. The summed E-state index contributed by atoms with van der Waals surface area (Å²) in [5, 5.41) is 17.2. The summed E-state index contributed by atoms with van der Waals surface area (Å²) in [6, 6.07) is 7.70. The minimum atomic E-state index is -0.418. The van der Waals surface area contributed by atoms with Gasteiger partial charge in [0.1, 0.15) is 5.82 Å². The van der Waals surface area contributed by atoms with Crippen molar-refractivity contribution in [2.45, 2.75) is 13.0 Å². The van der Waals surface area contributed by atoms with Crippen molar-refractivity contribution >= 4 is 22.2 Å². The molecular weight excluding hydrogens is 327 g/mol. The fourth-order valence-corrected chi connectivity index (χ4v) is 3.41. The average Bonchev–Trinajstić information content (AvgIpc) is 3.08. The monoisotopic (exact) mass is 346 g/mol. The summed E-state index contributed by atoms with van der Waals surface area (Å²) >= 11 is 1.65. The Morgan fingerprint density at radius 3 is 2.92 bits per heavy atom. The molecule has 0 saturated heterocycles. The number of aromatic nitrogens is 1. The van der Waals surface area contributed by atoms with Crippen LogP contribution < -0.4 is 10.7 Å². The van der Waals surface area contributed by atoms with E-state index in [2.05, 4.69) is 21.7 Å². The molecule has 4 nitrogen and oxygen atoms in total. The predicted molar refractivity (Wildman–Crippen MR) is 94.8 cm³/mol. The Bertz CT molecular complexity index is 861. The van der Waals surface area contributed by atoms with Gasteiger partial charge in [-0.1, -0.05) is 0 Å². The largest absolute Gasteiger partial charge is 0.396 e. The predicted octanol–water partition coefficient (Wildman–Crippen LogP) is 2.67. The first-order chi connectivity index (χ1) is 11.7. The lowest BCUT2D eigenvalue weighted by atomic mass is 10.0. The number of halogens is 1. The van der Waals surface area contributed by atoms with Gasteiger partial charge in [0, 0.05) is 42.4 Å². The average molecular weight is 346 g/mol. The maximum Gasteiger partial charge on any atom is 0.189 e. The molecule has 0 aliphatic rings. The zero-order valence-corrected chi connectivity index (χ0v) is 13.9. The summed E-state index contributed by atoms with van der Waals surface area (Å²) in [7, 11) is 0. The first-order valence-corrected chi connectivity index (χ1v) is 8.74. The fourth-order valence-electron chi connectivity index (χ4n) is 2.72. The van der Waals surface area contributed by atoms with E-state index in [1.807, 2.05) is 5.38 Å². The summed E-state index contributed by atoms with van der Waals surface area (Å²) in [6.07, 6.45) is 0.820. The van der Waals surface area contributed by atoms with E-state index in [1.165, 1.54) is 23.8 Å². The Balaban J connectivity index is 1.63. The van der Waals surface area contributed by atoms with Crippen molar-refractivity contribution in [2.24, 2.45) is 5.92 Å². The fraction of sp³-hybridized carbons (Fsp3) is 0.278. The molecule has 0 saturated carbocycles. The van der Waals surface area contributed by atoms with Crippen molar-refractivity contribution in [3.05, 3.63) is 68.4 Å². The molecule has 3 rings (SSSR count). The molecule has 6 heteroatoms. The summed E-state index contributed by atoms with van der Waals surface area (Å²) in [4.78, 5) is 15.2.